The first kappa shape index (κ1) is 15.0. The van der Waals surface area contributed by atoms with Crippen molar-refractivity contribution in [2.75, 3.05) is 5.73 Å². The number of nitrogens with zero attached hydrogens (tertiary/aromatic N) is 2. The quantitative estimate of drug-likeness (QED) is 0.289. The van der Waals surface area contributed by atoms with Gasteiger partial charge in [0, 0.05) is 34.0 Å². The lowest BCUT2D eigenvalue weighted by molar-refractivity contribution is 0.104. The van der Waals surface area contributed by atoms with Gasteiger partial charge in [-0.1, -0.05) is 12.1 Å². The molecule has 0 radical (unpaired) electrons. The molecule has 0 spiro atoms. The molecule has 3 aromatic rings. The molecule has 7 heteroatoms. The number of hydrogen-bond donors (Lipinski definition) is 3. The molecule has 0 amide bonds. The van der Waals surface area contributed by atoms with E-state index in [1.807, 2.05) is 30.3 Å². The number of H-pyrrole nitrogens is 1. The lowest BCUT2D eigenvalue weighted by atomic mass is 10.1. The smallest absolute Gasteiger partial charge is 0.215 e. The van der Waals surface area contributed by atoms with E-state index >= 15 is 0 Å². The van der Waals surface area contributed by atoms with Crippen molar-refractivity contribution in [2.24, 2.45) is 0 Å². The molecule has 2 heterocycles. The van der Waals surface area contributed by atoms with E-state index < -0.39 is 0 Å². The van der Waals surface area contributed by atoms with E-state index in [1.165, 1.54) is 17.7 Å². The van der Waals surface area contributed by atoms with Crippen molar-refractivity contribution in [2.45, 2.75) is 6.42 Å². The Hall–Kier alpha value is -2.93. The van der Waals surface area contributed by atoms with Crippen LogP contribution in [0.2, 0.25) is 0 Å². The van der Waals surface area contributed by atoms with Crippen molar-refractivity contribution in [3.63, 3.8) is 0 Å². The standard InChI is InChI=1S/C16H14N4O2S/c17-12-3-1-10(2-4-12)5-13-6-11(8-23-13)14(21)7-15(22)16-18-9-19-20-16/h1-4,6-9,22H,5,17H2,(H,18,19,20). The predicted molar refractivity (Wildman–Crippen MR) is 89.3 cm³/mol. The van der Waals surface area contributed by atoms with Crippen LogP contribution < -0.4 is 5.73 Å². The third-order valence-corrected chi connectivity index (χ3v) is 4.15. The van der Waals surface area contributed by atoms with Crippen LogP contribution in [-0.2, 0) is 6.42 Å². The normalized spacial score (nSPS) is 11.6. The van der Waals surface area contributed by atoms with Crippen molar-refractivity contribution in [1.82, 2.24) is 15.2 Å². The van der Waals surface area contributed by atoms with E-state index in [2.05, 4.69) is 15.2 Å². The van der Waals surface area contributed by atoms with Gasteiger partial charge in [0.25, 0.3) is 0 Å². The molecular formula is C16H14N4O2S. The van der Waals surface area contributed by atoms with Crippen LogP contribution in [0, 0.1) is 0 Å². The Kier molecular flexibility index (Phi) is 4.20. The second kappa shape index (κ2) is 6.45. The molecule has 3 rings (SSSR count). The van der Waals surface area contributed by atoms with Gasteiger partial charge in [0.2, 0.25) is 5.82 Å². The molecule has 1 aromatic carbocycles. The molecular weight excluding hydrogens is 312 g/mol. The number of aromatic amines is 1. The van der Waals surface area contributed by atoms with Crippen LogP contribution in [0.15, 0.2) is 48.1 Å². The summed E-state index contributed by atoms with van der Waals surface area (Å²) in [5.74, 6) is -0.453. The van der Waals surface area contributed by atoms with E-state index in [1.54, 1.807) is 5.38 Å². The van der Waals surface area contributed by atoms with Gasteiger partial charge in [-0.25, -0.2) is 4.98 Å². The highest BCUT2D eigenvalue weighted by molar-refractivity contribution is 7.10. The van der Waals surface area contributed by atoms with Crippen molar-refractivity contribution in [1.29, 1.82) is 0 Å². The molecule has 116 valence electrons. The largest absolute Gasteiger partial charge is 0.504 e. The number of nitrogens with one attached hydrogen (secondary N) is 1. The fourth-order valence-corrected chi connectivity index (χ4v) is 2.95. The number of aromatic nitrogens is 3. The summed E-state index contributed by atoms with van der Waals surface area (Å²) in [6, 6.07) is 9.46. The fraction of sp³-hybridized carbons (Fsp3) is 0.0625. The zero-order chi connectivity index (χ0) is 16.2. The van der Waals surface area contributed by atoms with E-state index in [0.717, 1.165) is 28.6 Å². The SMILES string of the molecule is Nc1ccc(Cc2cc(C(=O)C=C(O)c3nc[nH]n3)cs2)cc1. The van der Waals surface area contributed by atoms with E-state index in [4.69, 9.17) is 5.73 Å². The molecule has 4 N–H and O–H groups in total. The van der Waals surface area contributed by atoms with Gasteiger partial charge in [0.15, 0.2) is 11.5 Å². The Labute approximate surface area is 136 Å². The minimum absolute atomic E-state index is 0.0932. The fourth-order valence-electron chi connectivity index (χ4n) is 2.04. The molecule has 2 aromatic heterocycles. The predicted octanol–water partition coefficient (Wildman–Crippen LogP) is 2.82. The molecule has 0 aliphatic heterocycles. The molecule has 0 fully saturated rings. The van der Waals surface area contributed by atoms with Gasteiger partial charge < -0.3 is 10.8 Å². The summed E-state index contributed by atoms with van der Waals surface area (Å²) in [6.07, 6.45) is 3.19. The average Bonchev–Trinajstić information content (AvgIpc) is 3.21. The van der Waals surface area contributed by atoms with E-state index in [0.29, 0.717) is 5.56 Å². The molecule has 23 heavy (non-hydrogen) atoms. The van der Waals surface area contributed by atoms with Crippen LogP contribution in [0.5, 0.6) is 0 Å². The number of thiophene rings is 1. The van der Waals surface area contributed by atoms with Gasteiger partial charge in [0.1, 0.15) is 6.33 Å². The Morgan fingerprint density at radius 2 is 2.13 bits per heavy atom. The van der Waals surface area contributed by atoms with E-state index in [9.17, 15) is 9.90 Å². The Morgan fingerprint density at radius 3 is 2.83 bits per heavy atom. The molecule has 0 bridgehead atoms. The van der Waals surface area contributed by atoms with Crippen molar-refractivity contribution >= 4 is 28.6 Å². The zero-order valence-corrected chi connectivity index (χ0v) is 12.9. The summed E-state index contributed by atoms with van der Waals surface area (Å²) in [6.45, 7) is 0. The molecule has 6 nitrogen and oxygen atoms in total. The van der Waals surface area contributed by atoms with Crippen LogP contribution in [0.1, 0.15) is 26.6 Å². The number of nitrogen functional groups attached to an aromatic ring is 1. The van der Waals surface area contributed by atoms with Gasteiger partial charge in [-0.15, -0.1) is 11.3 Å². The number of anilines is 1. The van der Waals surface area contributed by atoms with Crippen LogP contribution in [0.4, 0.5) is 5.69 Å². The molecule has 0 aliphatic carbocycles. The maximum Gasteiger partial charge on any atom is 0.215 e. The van der Waals surface area contributed by atoms with Crippen molar-refractivity contribution < 1.29 is 9.90 Å². The minimum Gasteiger partial charge on any atom is -0.504 e. The van der Waals surface area contributed by atoms with Crippen LogP contribution in [0.3, 0.4) is 0 Å². The number of rotatable bonds is 5. The highest BCUT2D eigenvalue weighted by atomic mass is 32.1. The first-order chi connectivity index (χ1) is 11.1. The van der Waals surface area contributed by atoms with Crippen LogP contribution in [0.25, 0.3) is 5.76 Å². The number of carbonyl (C=O) groups is 1. The molecule has 0 aliphatic rings. The molecule has 0 atom stereocenters. The summed E-state index contributed by atoms with van der Waals surface area (Å²) in [5.41, 5.74) is 8.05. The lowest BCUT2D eigenvalue weighted by Gasteiger charge is -1.99. The highest BCUT2D eigenvalue weighted by Crippen LogP contribution is 2.20. The van der Waals surface area contributed by atoms with Crippen molar-refractivity contribution in [3.05, 3.63) is 69.9 Å². The van der Waals surface area contributed by atoms with Gasteiger partial charge in [0.05, 0.1) is 0 Å². The number of carbonyl (C=O) groups excluding carboxylic acids is 1. The minimum atomic E-state index is -0.285. The summed E-state index contributed by atoms with van der Waals surface area (Å²) in [4.78, 5) is 17.0. The van der Waals surface area contributed by atoms with Gasteiger partial charge in [-0.3, -0.25) is 9.89 Å². The Bertz CT molecular complexity index is 835. The van der Waals surface area contributed by atoms with Gasteiger partial charge >= 0.3 is 0 Å². The topological polar surface area (TPSA) is 105 Å². The second-order valence-corrected chi connectivity index (χ2v) is 5.93. The first-order valence-corrected chi connectivity index (χ1v) is 7.73. The Morgan fingerprint density at radius 1 is 1.35 bits per heavy atom. The number of hydrogen-bond acceptors (Lipinski definition) is 6. The number of aliphatic hydroxyl groups excluding tert-OH is 1. The lowest BCUT2D eigenvalue weighted by Crippen LogP contribution is -1.96. The monoisotopic (exact) mass is 326 g/mol. The van der Waals surface area contributed by atoms with Gasteiger partial charge in [-0.05, 0) is 23.8 Å². The van der Waals surface area contributed by atoms with E-state index in [-0.39, 0.29) is 17.4 Å². The highest BCUT2D eigenvalue weighted by Gasteiger charge is 2.11. The Balaban J connectivity index is 1.72. The third kappa shape index (κ3) is 3.64. The summed E-state index contributed by atoms with van der Waals surface area (Å²) < 4.78 is 0. The summed E-state index contributed by atoms with van der Waals surface area (Å²) >= 11 is 1.50. The summed E-state index contributed by atoms with van der Waals surface area (Å²) in [5, 5.41) is 17.8. The zero-order valence-electron chi connectivity index (χ0n) is 12.1. The number of benzene rings is 1. The summed E-state index contributed by atoms with van der Waals surface area (Å²) in [7, 11) is 0. The molecule has 0 unspecified atom stereocenters. The second-order valence-electron chi connectivity index (χ2n) is 4.94. The molecule has 0 saturated heterocycles. The number of ketones is 1. The maximum atomic E-state index is 12.1. The number of nitrogens with two attached hydrogens (primary N) is 1. The average molecular weight is 326 g/mol. The number of allylic oxidation sites excluding steroid dienone is 1. The number of aliphatic hydroxyl groups is 1. The van der Waals surface area contributed by atoms with Crippen LogP contribution >= 0.6 is 11.3 Å². The molecule has 0 saturated carbocycles. The first-order valence-electron chi connectivity index (χ1n) is 6.85. The third-order valence-electron chi connectivity index (χ3n) is 3.21. The van der Waals surface area contributed by atoms with Crippen molar-refractivity contribution in [3.8, 4) is 0 Å². The van der Waals surface area contributed by atoms with Gasteiger partial charge in [-0.2, -0.15) is 5.10 Å². The maximum absolute atomic E-state index is 12.1. The van der Waals surface area contributed by atoms with Crippen LogP contribution in [-0.4, -0.2) is 26.1 Å².